The van der Waals surface area contributed by atoms with Crippen molar-refractivity contribution in [3.63, 3.8) is 0 Å². The van der Waals surface area contributed by atoms with Crippen molar-refractivity contribution < 1.29 is 13.0 Å². The van der Waals surface area contributed by atoms with Crippen molar-refractivity contribution in [3.8, 4) is 21.7 Å². The first-order chi connectivity index (χ1) is 14.5. The van der Waals surface area contributed by atoms with Crippen LogP contribution in [-0.2, 0) is 16.5 Å². The molecule has 1 aromatic heterocycles. The maximum Gasteiger partial charge on any atom is 0.294 e. The molecule has 1 N–H and O–H groups in total. The predicted octanol–water partition coefficient (Wildman–Crippen LogP) is 5.42. The average Bonchev–Trinajstić information content (AvgIpc) is 3.38. The van der Waals surface area contributed by atoms with Gasteiger partial charge in [0.05, 0.1) is 15.5 Å². The average molecular weight is 435 g/mol. The fourth-order valence-electron chi connectivity index (χ4n) is 3.74. The lowest BCUT2D eigenvalue weighted by atomic mass is 10.1. The molecule has 0 saturated heterocycles. The topological polar surface area (TPSA) is 70.5 Å². The Morgan fingerprint density at radius 2 is 1.57 bits per heavy atom. The number of nitrogens with zero attached hydrogens (tertiary/aromatic N) is 2. The van der Waals surface area contributed by atoms with E-state index in [-0.39, 0.29) is 4.90 Å². The van der Waals surface area contributed by atoms with Gasteiger partial charge in [0, 0.05) is 17.8 Å². The summed E-state index contributed by atoms with van der Waals surface area (Å²) in [5.41, 5.74) is 4.92. The van der Waals surface area contributed by atoms with Gasteiger partial charge in [0.15, 0.2) is 5.13 Å². The molecule has 150 valence electrons. The van der Waals surface area contributed by atoms with E-state index in [0.717, 1.165) is 38.1 Å². The van der Waals surface area contributed by atoms with E-state index in [9.17, 15) is 13.0 Å². The molecule has 5 rings (SSSR count). The van der Waals surface area contributed by atoms with Crippen molar-refractivity contribution in [1.29, 1.82) is 0 Å². The number of benzene rings is 3. The Labute approximate surface area is 179 Å². The Balaban J connectivity index is 1.61. The second-order valence-corrected chi connectivity index (χ2v) is 9.47. The number of rotatable bonds is 4. The number of thiazole rings is 1. The molecule has 30 heavy (non-hydrogen) atoms. The van der Waals surface area contributed by atoms with Crippen LogP contribution in [0.15, 0.2) is 83.8 Å². The first kappa shape index (κ1) is 19.0. The van der Waals surface area contributed by atoms with Crippen molar-refractivity contribution in [1.82, 2.24) is 4.98 Å². The number of hydrogen-bond donors (Lipinski definition) is 1. The molecule has 0 amide bonds. The molecule has 0 radical (unpaired) electrons. The van der Waals surface area contributed by atoms with Gasteiger partial charge in [-0.2, -0.15) is 8.42 Å². The molecule has 0 unspecified atom stereocenters. The normalized spacial score (nSPS) is 13.4. The fourth-order valence-corrected chi connectivity index (χ4v) is 5.40. The summed E-state index contributed by atoms with van der Waals surface area (Å²) in [5.74, 6) is 0. The smallest absolute Gasteiger partial charge is 0.294 e. The molecule has 2 heterocycles. The first-order valence-electron chi connectivity index (χ1n) is 9.50. The summed E-state index contributed by atoms with van der Waals surface area (Å²) in [4.78, 5) is 8.13. The van der Waals surface area contributed by atoms with E-state index in [1.807, 2.05) is 36.4 Å². The lowest BCUT2D eigenvalue weighted by molar-refractivity contribution is 0.483. The molecular formula is C23H18N2O3S2. The fraction of sp³-hybridized carbons (Fsp3) is 0.0870. The minimum atomic E-state index is -4.21. The van der Waals surface area contributed by atoms with E-state index in [1.54, 1.807) is 23.5 Å². The lowest BCUT2D eigenvalue weighted by Crippen LogP contribution is -2.12. The summed E-state index contributed by atoms with van der Waals surface area (Å²) >= 11 is 1.63. The van der Waals surface area contributed by atoms with E-state index >= 15 is 0 Å². The van der Waals surface area contributed by atoms with E-state index < -0.39 is 10.1 Å². The monoisotopic (exact) mass is 434 g/mol. The van der Waals surface area contributed by atoms with Crippen molar-refractivity contribution in [2.75, 3.05) is 11.4 Å². The maximum absolute atomic E-state index is 11.5. The summed E-state index contributed by atoms with van der Waals surface area (Å²) in [6.45, 7) is 0.709. The second kappa shape index (κ2) is 7.36. The van der Waals surface area contributed by atoms with Crippen molar-refractivity contribution in [2.24, 2.45) is 0 Å². The molecule has 1 aliphatic rings. The Morgan fingerprint density at radius 3 is 2.23 bits per heavy atom. The van der Waals surface area contributed by atoms with Gasteiger partial charge in [-0.05, 0) is 35.7 Å². The van der Waals surface area contributed by atoms with Gasteiger partial charge in [-0.25, -0.2) is 4.98 Å². The number of hydrogen-bond acceptors (Lipinski definition) is 5. The second-order valence-electron chi connectivity index (χ2n) is 7.07. The van der Waals surface area contributed by atoms with Gasteiger partial charge in [0.25, 0.3) is 10.1 Å². The zero-order valence-corrected chi connectivity index (χ0v) is 17.5. The quantitative estimate of drug-likeness (QED) is 0.435. The zero-order chi connectivity index (χ0) is 20.7. The number of anilines is 2. The zero-order valence-electron chi connectivity index (χ0n) is 15.9. The predicted molar refractivity (Wildman–Crippen MR) is 120 cm³/mol. The molecule has 7 heteroatoms. The summed E-state index contributed by atoms with van der Waals surface area (Å²) in [7, 11) is -4.21. The first-order valence-corrected chi connectivity index (χ1v) is 11.8. The van der Waals surface area contributed by atoms with Crippen LogP contribution in [0.25, 0.3) is 21.7 Å². The van der Waals surface area contributed by atoms with Gasteiger partial charge < -0.3 is 4.90 Å². The minimum Gasteiger partial charge on any atom is -0.317 e. The summed E-state index contributed by atoms with van der Waals surface area (Å²) < 4.78 is 32.3. The van der Waals surface area contributed by atoms with Crippen molar-refractivity contribution in [2.45, 2.75) is 11.3 Å². The van der Waals surface area contributed by atoms with Gasteiger partial charge >= 0.3 is 0 Å². The van der Waals surface area contributed by atoms with Crippen LogP contribution >= 0.6 is 11.3 Å². The third-order valence-corrected chi connectivity index (χ3v) is 7.15. The molecule has 0 fully saturated rings. The van der Waals surface area contributed by atoms with Gasteiger partial charge in [0.2, 0.25) is 0 Å². The molecule has 4 aromatic rings. The Hall–Kier alpha value is -3.00. The molecule has 0 atom stereocenters. The number of aromatic nitrogens is 1. The van der Waals surface area contributed by atoms with Gasteiger partial charge in [-0.15, -0.1) is 0 Å². The van der Waals surface area contributed by atoms with Gasteiger partial charge in [0.1, 0.15) is 0 Å². The molecule has 5 nitrogen and oxygen atoms in total. The molecule has 0 bridgehead atoms. The van der Waals surface area contributed by atoms with Crippen LogP contribution in [0.2, 0.25) is 0 Å². The molecular weight excluding hydrogens is 416 g/mol. The molecule has 1 aliphatic heterocycles. The highest BCUT2D eigenvalue weighted by Crippen LogP contribution is 2.44. The van der Waals surface area contributed by atoms with Crippen LogP contribution in [0.4, 0.5) is 10.8 Å². The van der Waals surface area contributed by atoms with E-state index in [4.69, 9.17) is 4.98 Å². The summed E-state index contributed by atoms with van der Waals surface area (Å²) in [6, 6.07) is 25.1. The third kappa shape index (κ3) is 3.41. The Kier molecular flexibility index (Phi) is 4.66. The molecule has 3 aromatic carbocycles. The van der Waals surface area contributed by atoms with Crippen LogP contribution in [0.5, 0.6) is 0 Å². The maximum atomic E-state index is 11.5. The SMILES string of the molecule is O=S(=O)(O)c1ccc2c(c1)CCN2c1nc(-c2ccccc2)c(-c2ccccc2)s1. The Bertz CT molecular complexity index is 1260. The summed E-state index contributed by atoms with van der Waals surface area (Å²) in [6.07, 6.45) is 0.694. The van der Waals surface area contributed by atoms with Crippen LogP contribution in [0, 0.1) is 0 Å². The minimum absolute atomic E-state index is 0.0720. The van der Waals surface area contributed by atoms with Crippen LogP contribution in [0.1, 0.15) is 5.56 Å². The standard InChI is InChI=1S/C23H18N2O3S2/c26-30(27,28)19-11-12-20-18(15-19)13-14-25(20)23-24-21(16-7-3-1-4-8-16)22(29-23)17-9-5-2-6-10-17/h1-12,15H,13-14H2,(H,26,27,28). The van der Waals surface area contributed by atoms with Gasteiger partial charge in [-0.3, -0.25) is 4.55 Å². The molecule has 0 spiro atoms. The highest BCUT2D eigenvalue weighted by Gasteiger charge is 2.26. The van der Waals surface area contributed by atoms with Gasteiger partial charge in [-0.1, -0.05) is 72.0 Å². The molecule has 0 aliphatic carbocycles. The highest BCUT2D eigenvalue weighted by atomic mass is 32.2. The lowest BCUT2D eigenvalue weighted by Gasteiger charge is -2.15. The van der Waals surface area contributed by atoms with Crippen molar-refractivity contribution >= 4 is 32.3 Å². The van der Waals surface area contributed by atoms with Crippen LogP contribution < -0.4 is 4.90 Å². The van der Waals surface area contributed by atoms with Crippen LogP contribution in [-0.4, -0.2) is 24.5 Å². The summed E-state index contributed by atoms with van der Waals surface area (Å²) in [5, 5.41) is 0.867. The van der Waals surface area contributed by atoms with E-state index in [2.05, 4.69) is 29.2 Å². The third-order valence-electron chi connectivity index (χ3n) is 5.17. The van der Waals surface area contributed by atoms with E-state index in [1.165, 1.54) is 6.07 Å². The van der Waals surface area contributed by atoms with Crippen molar-refractivity contribution in [3.05, 3.63) is 84.4 Å². The van der Waals surface area contributed by atoms with Crippen LogP contribution in [0.3, 0.4) is 0 Å². The van der Waals surface area contributed by atoms with E-state index in [0.29, 0.717) is 13.0 Å². The number of fused-ring (bicyclic) bond motifs is 1. The largest absolute Gasteiger partial charge is 0.317 e. The Morgan fingerprint density at radius 1 is 0.900 bits per heavy atom. The molecule has 0 saturated carbocycles. The highest BCUT2D eigenvalue weighted by molar-refractivity contribution is 7.85.